The zero-order valence-corrected chi connectivity index (χ0v) is 12.1. The predicted molar refractivity (Wildman–Crippen MR) is 76.3 cm³/mol. The first-order valence-corrected chi connectivity index (χ1v) is 6.84. The smallest absolute Gasteiger partial charge is 0.250 e. The Labute approximate surface area is 118 Å². The highest BCUT2D eigenvalue weighted by Gasteiger charge is 2.26. The summed E-state index contributed by atoms with van der Waals surface area (Å²) in [5, 5.41) is 12.1. The number of tetrazole rings is 1. The molecule has 106 valence electrons. The van der Waals surface area contributed by atoms with Crippen LogP contribution < -0.4 is 4.90 Å². The second-order valence-corrected chi connectivity index (χ2v) is 5.26. The fourth-order valence-corrected chi connectivity index (χ4v) is 2.66. The van der Waals surface area contributed by atoms with Crippen LogP contribution in [-0.4, -0.2) is 40.5 Å². The van der Waals surface area contributed by atoms with E-state index in [0.29, 0.717) is 6.61 Å². The van der Waals surface area contributed by atoms with Crippen LogP contribution in [-0.2, 0) is 11.2 Å². The van der Waals surface area contributed by atoms with Crippen molar-refractivity contribution in [2.75, 3.05) is 25.2 Å². The van der Waals surface area contributed by atoms with Crippen LogP contribution in [0.15, 0.2) is 18.2 Å². The first-order valence-electron chi connectivity index (χ1n) is 6.84. The minimum absolute atomic E-state index is 0.110. The van der Waals surface area contributed by atoms with Gasteiger partial charge < -0.3 is 9.64 Å². The number of rotatable bonds is 4. The fourth-order valence-electron chi connectivity index (χ4n) is 2.66. The monoisotopic (exact) mass is 273 g/mol. The average molecular weight is 273 g/mol. The zero-order valence-electron chi connectivity index (χ0n) is 12.1. The molecule has 0 fully saturated rings. The summed E-state index contributed by atoms with van der Waals surface area (Å²) in [6, 6.07) is 6.65. The standard InChI is InChI=1S/C14H19N5O/c1-10-4-5-12-6-7-18(13(12)8-10)14-15-16-17-19(14)11(2)9-20-3/h4-5,8,11H,6-7,9H2,1-3H3. The highest BCUT2D eigenvalue weighted by atomic mass is 16.5. The third kappa shape index (κ3) is 2.16. The molecule has 1 unspecified atom stereocenters. The van der Waals surface area contributed by atoms with E-state index >= 15 is 0 Å². The molecule has 0 N–H and O–H groups in total. The van der Waals surface area contributed by atoms with Gasteiger partial charge in [0.2, 0.25) is 5.95 Å². The molecule has 6 heteroatoms. The first kappa shape index (κ1) is 13.1. The maximum atomic E-state index is 5.20. The van der Waals surface area contributed by atoms with Gasteiger partial charge in [-0.2, -0.15) is 0 Å². The molecule has 2 heterocycles. The van der Waals surface area contributed by atoms with E-state index in [1.54, 1.807) is 7.11 Å². The molecule has 1 aliphatic heterocycles. The fraction of sp³-hybridized carbons (Fsp3) is 0.500. The Hall–Kier alpha value is -1.95. The summed E-state index contributed by atoms with van der Waals surface area (Å²) in [6.07, 6.45) is 1.03. The third-order valence-corrected chi connectivity index (χ3v) is 3.68. The molecule has 0 aliphatic carbocycles. The SMILES string of the molecule is COCC(C)n1nnnc1N1CCc2ccc(C)cc21. The topological polar surface area (TPSA) is 56.1 Å². The van der Waals surface area contributed by atoms with E-state index < -0.39 is 0 Å². The number of nitrogens with zero attached hydrogens (tertiary/aromatic N) is 5. The summed E-state index contributed by atoms with van der Waals surface area (Å²) in [5.74, 6) is 0.791. The summed E-state index contributed by atoms with van der Waals surface area (Å²) in [4.78, 5) is 2.19. The van der Waals surface area contributed by atoms with E-state index in [0.717, 1.165) is 18.9 Å². The Morgan fingerprint density at radius 2 is 2.25 bits per heavy atom. The van der Waals surface area contributed by atoms with E-state index in [1.807, 2.05) is 4.68 Å². The van der Waals surface area contributed by atoms with Gasteiger partial charge in [0.05, 0.1) is 12.6 Å². The molecule has 0 bridgehead atoms. The molecule has 0 radical (unpaired) electrons. The minimum atomic E-state index is 0.110. The van der Waals surface area contributed by atoms with E-state index in [4.69, 9.17) is 4.74 Å². The lowest BCUT2D eigenvalue weighted by Crippen LogP contribution is -2.22. The molecule has 0 amide bonds. The average Bonchev–Trinajstić information content (AvgIpc) is 3.03. The van der Waals surface area contributed by atoms with Crippen LogP contribution in [0.3, 0.4) is 0 Å². The van der Waals surface area contributed by atoms with Crippen LogP contribution in [0.1, 0.15) is 24.1 Å². The van der Waals surface area contributed by atoms with Gasteiger partial charge in [-0.3, -0.25) is 0 Å². The number of methoxy groups -OCH3 is 1. The Morgan fingerprint density at radius 1 is 1.40 bits per heavy atom. The van der Waals surface area contributed by atoms with Gasteiger partial charge in [-0.25, -0.2) is 4.68 Å². The second kappa shape index (κ2) is 5.20. The molecule has 0 saturated heterocycles. The molecule has 6 nitrogen and oxygen atoms in total. The van der Waals surface area contributed by atoms with Gasteiger partial charge in [-0.1, -0.05) is 17.2 Å². The number of aryl methyl sites for hydroxylation is 1. The Balaban J connectivity index is 1.97. The number of aromatic nitrogens is 4. The van der Waals surface area contributed by atoms with Crippen LogP contribution >= 0.6 is 0 Å². The minimum Gasteiger partial charge on any atom is -0.382 e. The number of hydrogen-bond acceptors (Lipinski definition) is 5. The quantitative estimate of drug-likeness (QED) is 0.851. The van der Waals surface area contributed by atoms with Crippen molar-refractivity contribution in [3.63, 3.8) is 0 Å². The lowest BCUT2D eigenvalue weighted by Gasteiger charge is -2.20. The van der Waals surface area contributed by atoms with Gasteiger partial charge in [0, 0.05) is 19.3 Å². The highest BCUT2D eigenvalue weighted by Crippen LogP contribution is 2.34. The van der Waals surface area contributed by atoms with Gasteiger partial charge in [0.15, 0.2) is 0 Å². The van der Waals surface area contributed by atoms with Crippen LogP contribution in [0.5, 0.6) is 0 Å². The number of anilines is 2. The van der Waals surface area contributed by atoms with Gasteiger partial charge in [0.1, 0.15) is 0 Å². The molecule has 20 heavy (non-hydrogen) atoms. The molecule has 1 aromatic heterocycles. The van der Waals surface area contributed by atoms with Crippen molar-refractivity contribution in [2.24, 2.45) is 0 Å². The zero-order chi connectivity index (χ0) is 14.1. The van der Waals surface area contributed by atoms with E-state index in [2.05, 4.69) is 52.5 Å². The summed E-state index contributed by atoms with van der Waals surface area (Å²) in [7, 11) is 1.69. The van der Waals surface area contributed by atoms with E-state index in [-0.39, 0.29) is 6.04 Å². The van der Waals surface area contributed by atoms with Crippen LogP contribution in [0.25, 0.3) is 0 Å². The molecular formula is C14H19N5O. The van der Waals surface area contributed by atoms with Gasteiger partial charge in [-0.05, 0) is 47.9 Å². The number of benzene rings is 1. The number of ether oxygens (including phenoxy) is 1. The molecule has 1 aromatic carbocycles. The van der Waals surface area contributed by atoms with Crippen molar-refractivity contribution < 1.29 is 4.74 Å². The van der Waals surface area contributed by atoms with Crippen molar-refractivity contribution in [1.29, 1.82) is 0 Å². The summed E-state index contributed by atoms with van der Waals surface area (Å²) >= 11 is 0. The number of hydrogen-bond donors (Lipinski definition) is 0. The van der Waals surface area contributed by atoms with Crippen molar-refractivity contribution in [2.45, 2.75) is 26.3 Å². The lowest BCUT2D eigenvalue weighted by molar-refractivity contribution is 0.156. The largest absolute Gasteiger partial charge is 0.382 e. The second-order valence-electron chi connectivity index (χ2n) is 5.26. The van der Waals surface area contributed by atoms with Crippen LogP contribution in [0.4, 0.5) is 11.6 Å². The van der Waals surface area contributed by atoms with Crippen LogP contribution in [0, 0.1) is 6.92 Å². The van der Waals surface area contributed by atoms with Crippen molar-refractivity contribution in [3.05, 3.63) is 29.3 Å². The van der Waals surface area contributed by atoms with Gasteiger partial charge in [-0.15, -0.1) is 0 Å². The van der Waals surface area contributed by atoms with Crippen LogP contribution in [0.2, 0.25) is 0 Å². The lowest BCUT2D eigenvalue weighted by atomic mass is 10.1. The molecule has 0 saturated carbocycles. The molecule has 0 spiro atoms. The molecule has 2 aromatic rings. The van der Waals surface area contributed by atoms with Crippen molar-refractivity contribution in [1.82, 2.24) is 20.2 Å². The highest BCUT2D eigenvalue weighted by molar-refractivity contribution is 5.66. The maximum Gasteiger partial charge on any atom is 0.250 e. The van der Waals surface area contributed by atoms with Crippen molar-refractivity contribution >= 4 is 11.6 Å². The Kier molecular flexibility index (Phi) is 3.40. The Morgan fingerprint density at radius 3 is 3.05 bits per heavy atom. The number of fused-ring (bicyclic) bond motifs is 1. The first-order chi connectivity index (χ1) is 9.70. The third-order valence-electron chi connectivity index (χ3n) is 3.68. The molecule has 1 atom stereocenters. The molecular weight excluding hydrogens is 254 g/mol. The predicted octanol–water partition coefficient (Wildman–Crippen LogP) is 1.88. The molecule has 3 rings (SSSR count). The van der Waals surface area contributed by atoms with E-state index in [9.17, 15) is 0 Å². The summed E-state index contributed by atoms with van der Waals surface area (Å²) in [6.45, 7) is 5.66. The van der Waals surface area contributed by atoms with Crippen molar-refractivity contribution in [3.8, 4) is 0 Å². The summed E-state index contributed by atoms with van der Waals surface area (Å²) < 4.78 is 7.03. The Bertz CT molecular complexity index is 609. The molecule has 1 aliphatic rings. The van der Waals surface area contributed by atoms with E-state index in [1.165, 1.54) is 16.8 Å². The maximum absolute atomic E-state index is 5.20. The normalized spacial score (nSPS) is 15.4. The van der Waals surface area contributed by atoms with Gasteiger partial charge in [0.25, 0.3) is 0 Å². The van der Waals surface area contributed by atoms with Gasteiger partial charge >= 0.3 is 0 Å². The summed E-state index contributed by atoms with van der Waals surface area (Å²) in [5.41, 5.74) is 3.81.